The predicted molar refractivity (Wildman–Crippen MR) is 131 cm³/mol. The van der Waals surface area contributed by atoms with Gasteiger partial charge in [0.15, 0.2) is 5.43 Å². The summed E-state index contributed by atoms with van der Waals surface area (Å²) in [4.78, 5) is 33.6. The Morgan fingerprint density at radius 1 is 1.11 bits per heavy atom. The van der Waals surface area contributed by atoms with Crippen LogP contribution < -0.4 is 5.43 Å². The Morgan fingerprint density at radius 2 is 2.00 bits per heavy atom. The van der Waals surface area contributed by atoms with Gasteiger partial charge in [-0.25, -0.2) is 0 Å². The van der Waals surface area contributed by atoms with E-state index in [0.29, 0.717) is 29.3 Å². The second-order valence-electron chi connectivity index (χ2n) is 12.3. The molecule has 8 rings (SSSR count). The van der Waals surface area contributed by atoms with Crippen molar-refractivity contribution >= 4 is 5.91 Å². The Bertz CT molecular complexity index is 1300. The molecule has 2 aromatic rings. The van der Waals surface area contributed by atoms with Crippen molar-refractivity contribution in [2.45, 2.75) is 74.9 Å². The number of pyridine rings is 1. The molecule has 4 aliphatic carbocycles. The molecule has 5 unspecified atom stereocenters. The number of benzene rings is 1. The van der Waals surface area contributed by atoms with E-state index in [1.807, 2.05) is 6.07 Å². The molecule has 2 saturated heterocycles. The van der Waals surface area contributed by atoms with Crippen LogP contribution >= 0.6 is 0 Å². The predicted octanol–water partition coefficient (Wildman–Crippen LogP) is 3.44. The molecule has 6 nitrogen and oxygen atoms in total. The van der Waals surface area contributed by atoms with Crippen LogP contribution in [-0.4, -0.2) is 57.0 Å². The largest absolute Gasteiger partial charge is 0.508 e. The SMILES string of the molecule is O=C(c1cc(=O)cc[nH]1)N1C[C@H]2CC34CCC1C2C31CCN(C2CCC2)C4Cc2ccc(O)cc21. The molecule has 0 spiro atoms. The van der Waals surface area contributed by atoms with Crippen LogP contribution in [-0.2, 0) is 11.8 Å². The second kappa shape index (κ2) is 6.78. The van der Waals surface area contributed by atoms with E-state index >= 15 is 0 Å². The molecule has 1 aromatic heterocycles. The molecular weight excluding hydrogens is 438 g/mol. The minimum atomic E-state index is -0.129. The monoisotopic (exact) mass is 471 g/mol. The van der Waals surface area contributed by atoms with Crippen LogP contribution in [0.5, 0.6) is 5.75 Å². The Labute approximate surface area is 205 Å². The highest BCUT2D eigenvalue weighted by Gasteiger charge is 2.76. The lowest BCUT2D eigenvalue weighted by Gasteiger charge is -2.68. The Kier molecular flexibility index (Phi) is 3.99. The van der Waals surface area contributed by atoms with Crippen molar-refractivity contribution in [1.82, 2.24) is 14.8 Å². The summed E-state index contributed by atoms with van der Waals surface area (Å²) in [5, 5.41) is 10.6. The quantitative estimate of drug-likeness (QED) is 0.704. The van der Waals surface area contributed by atoms with Gasteiger partial charge in [0.2, 0.25) is 0 Å². The lowest BCUT2D eigenvalue weighted by atomic mass is 9.43. The number of carbonyl (C=O) groups excluding carboxylic acids is 1. The molecule has 0 radical (unpaired) electrons. The number of phenols is 1. The molecule has 3 heterocycles. The number of aromatic amines is 1. The van der Waals surface area contributed by atoms with Crippen molar-refractivity contribution in [3.8, 4) is 5.75 Å². The number of phenolic OH excluding ortho intramolecular Hbond substituents is 1. The first-order chi connectivity index (χ1) is 17.0. The summed E-state index contributed by atoms with van der Waals surface area (Å²) in [5.74, 6) is 1.27. The van der Waals surface area contributed by atoms with Gasteiger partial charge in [-0.2, -0.15) is 0 Å². The number of likely N-dealkylation sites (tertiary alicyclic amines) is 2. The first kappa shape index (κ1) is 20.6. The number of nitrogens with one attached hydrogen (secondary N) is 1. The van der Waals surface area contributed by atoms with Gasteiger partial charge in [0.25, 0.3) is 5.91 Å². The molecule has 2 N–H and O–H groups in total. The molecule has 1 amide bonds. The normalized spacial score (nSPS) is 39.1. The van der Waals surface area contributed by atoms with Crippen molar-refractivity contribution in [3.05, 3.63) is 63.6 Å². The second-order valence-corrected chi connectivity index (χ2v) is 12.3. The van der Waals surface area contributed by atoms with Gasteiger partial charge in [0.1, 0.15) is 11.4 Å². The molecule has 3 saturated carbocycles. The van der Waals surface area contributed by atoms with Crippen molar-refractivity contribution in [2.75, 3.05) is 13.1 Å². The number of carbonyl (C=O) groups is 1. The standard InChI is InChI=1S/C29H33N3O3/c33-20-5-4-17-12-25-28-8-6-24-26(29(28,22(17)13-20)9-11-31(25)19-2-1-3-19)18(15-28)16-32(24)27(35)23-14-21(34)7-10-30-23/h4-5,7,10,13-14,18-19,24-26,33H,1-3,6,8-9,11-12,15-16H2,(H,30,34)/t18-,24?,25?,26?,28?,29?/m1/s1. The third-order valence-electron chi connectivity index (χ3n) is 11.3. The first-order valence-electron chi connectivity index (χ1n) is 13.6. The molecule has 35 heavy (non-hydrogen) atoms. The van der Waals surface area contributed by atoms with Crippen LogP contribution in [0.2, 0.25) is 0 Å². The minimum Gasteiger partial charge on any atom is -0.508 e. The van der Waals surface area contributed by atoms with Gasteiger partial charge in [0.05, 0.1) is 0 Å². The van der Waals surface area contributed by atoms with Crippen LogP contribution in [0.15, 0.2) is 41.3 Å². The van der Waals surface area contributed by atoms with Gasteiger partial charge in [-0.3, -0.25) is 14.5 Å². The molecule has 2 aliphatic heterocycles. The summed E-state index contributed by atoms with van der Waals surface area (Å²) in [6.45, 7) is 1.93. The number of H-pyrrole nitrogens is 1. The lowest BCUT2D eigenvalue weighted by Crippen LogP contribution is -2.71. The average Bonchev–Trinajstić information content (AvgIpc) is 3.26. The van der Waals surface area contributed by atoms with E-state index in [0.717, 1.165) is 44.8 Å². The van der Waals surface area contributed by atoms with E-state index in [4.69, 9.17) is 0 Å². The maximum absolute atomic E-state index is 13.6. The number of aromatic hydroxyl groups is 1. The molecule has 6 aliphatic rings. The number of fused-ring (bicyclic) bond motifs is 1. The van der Waals surface area contributed by atoms with E-state index in [1.54, 1.807) is 6.20 Å². The number of rotatable bonds is 2. The van der Waals surface area contributed by atoms with E-state index in [2.05, 4.69) is 26.9 Å². The van der Waals surface area contributed by atoms with Crippen LogP contribution in [0.1, 0.15) is 66.6 Å². The van der Waals surface area contributed by atoms with E-state index in [-0.39, 0.29) is 28.2 Å². The maximum Gasteiger partial charge on any atom is 0.270 e. The molecule has 4 bridgehead atoms. The summed E-state index contributed by atoms with van der Waals surface area (Å²) in [7, 11) is 0. The topological polar surface area (TPSA) is 76.6 Å². The highest BCUT2D eigenvalue weighted by Crippen LogP contribution is 2.75. The zero-order chi connectivity index (χ0) is 23.5. The Hall–Kier alpha value is -2.60. The van der Waals surface area contributed by atoms with Crippen LogP contribution in [0.4, 0.5) is 0 Å². The average molecular weight is 472 g/mol. The number of amides is 1. The number of hydrogen-bond acceptors (Lipinski definition) is 4. The van der Waals surface area contributed by atoms with Crippen molar-refractivity contribution in [3.63, 3.8) is 0 Å². The number of nitrogens with zero attached hydrogens (tertiary/aromatic N) is 2. The molecule has 182 valence electrons. The lowest BCUT2D eigenvalue weighted by molar-refractivity contribution is -0.122. The minimum absolute atomic E-state index is 0.0265. The van der Waals surface area contributed by atoms with E-state index < -0.39 is 0 Å². The summed E-state index contributed by atoms with van der Waals surface area (Å²) in [6, 6.07) is 10.6. The molecule has 5 fully saturated rings. The fraction of sp³-hybridized carbons (Fsp3) is 0.586. The van der Waals surface area contributed by atoms with Crippen LogP contribution in [0, 0.1) is 17.3 Å². The van der Waals surface area contributed by atoms with Crippen molar-refractivity contribution < 1.29 is 9.90 Å². The van der Waals surface area contributed by atoms with Crippen LogP contribution in [0.25, 0.3) is 0 Å². The van der Waals surface area contributed by atoms with Crippen molar-refractivity contribution in [2.24, 2.45) is 17.3 Å². The number of piperidine rings is 1. The fourth-order valence-electron chi connectivity index (χ4n) is 10.1. The van der Waals surface area contributed by atoms with Gasteiger partial charge < -0.3 is 15.0 Å². The van der Waals surface area contributed by atoms with Crippen LogP contribution in [0.3, 0.4) is 0 Å². The summed E-state index contributed by atoms with van der Waals surface area (Å²) in [5.41, 5.74) is 3.38. The van der Waals surface area contributed by atoms with Gasteiger partial charge in [0, 0.05) is 48.4 Å². The third kappa shape index (κ3) is 2.40. The Balaban J connectivity index is 1.26. The maximum atomic E-state index is 13.6. The van der Waals surface area contributed by atoms with Crippen molar-refractivity contribution in [1.29, 1.82) is 0 Å². The zero-order valence-electron chi connectivity index (χ0n) is 20.1. The van der Waals surface area contributed by atoms with E-state index in [1.165, 1.54) is 48.9 Å². The van der Waals surface area contributed by atoms with E-state index in [9.17, 15) is 14.7 Å². The zero-order valence-corrected chi connectivity index (χ0v) is 20.1. The molecule has 6 heteroatoms. The highest BCUT2D eigenvalue weighted by atomic mass is 16.3. The smallest absolute Gasteiger partial charge is 0.270 e. The van der Waals surface area contributed by atoms with Gasteiger partial charge in [-0.1, -0.05) is 12.5 Å². The van der Waals surface area contributed by atoms with Gasteiger partial charge >= 0.3 is 0 Å². The molecule has 1 aromatic carbocycles. The highest BCUT2D eigenvalue weighted by molar-refractivity contribution is 5.92. The summed E-state index contributed by atoms with van der Waals surface area (Å²) in [6.07, 6.45) is 11.3. The number of aromatic nitrogens is 1. The number of hydrogen-bond donors (Lipinski definition) is 2. The summed E-state index contributed by atoms with van der Waals surface area (Å²) >= 11 is 0. The molecular formula is C29H33N3O3. The van der Waals surface area contributed by atoms with Gasteiger partial charge in [-0.05, 0) is 92.0 Å². The first-order valence-corrected chi connectivity index (χ1v) is 13.6. The molecule has 6 atom stereocenters. The van der Waals surface area contributed by atoms with Gasteiger partial charge in [-0.15, -0.1) is 0 Å². The Morgan fingerprint density at radius 3 is 2.80 bits per heavy atom. The summed E-state index contributed by atoms with van der Waals surface area (Å²) < 4.78 is 0. The fourth-order valence-corrected chi connectivity index (χ4v) is 10.1. The third-order valence-corrected chi connectivity index (χ3v) is 11.3.